The van der Waals surface area contributed by atoms with Crippen molar-refractivity contribution in [2.24, 2.45) is 23.2 Å². The third-order valence-corrected chi connectivity index (χ3v) is 9.54. The Balaban J connectivity index is 1.92. The van der Waals surface area contributed by atoms with Gasteiger partial charge in [-0.25, -0.2) is 9.13 Å². The van der Waals surface area contributed by atoms with Crippen molar-refractivity contribution in [1.29, 1.82) is 0 Å². The van der Waals surface area contributed by atoms with Gasteiger partial charge < -0.3 is 19.3 Å². The molecule has 11 atom stereocenters. The zero-order valence-electron chi connectivity index (χ0n) is 22.4. The molecule has 35 heavy (non-hydrogen) atoms. The summed E-state index contributed by atoms with van der Waals surface area (Å²) in [7, 11) is -8.76. The zero-order valence-corrected chi connectivity index (χ0v) is 24.2. The van der Waals surface area contributed by atoms with Crippen molar-refractivity contribution >= 4 is 15.6 Å². The van der Waals surface area contributed by atoms with E-state index in [1.807, 2.05) is 34.6 Å². The fraction of sp³-hybridized carbons (Fsp3) is 1.00. The summed E-state index contributed by atoms with van der Waals surface area (Å²) in [5.74, 6) is 0.433. The Morgan fingerprint density at radius 2 is 1.37 bits per heavy atom. The second-order valence-corrected chi connectivity index (χ2v) is 13.6. The van der Waals surface area contributed by atoms with Crippen LogP contribution in [0.25, 0.3) is 0 Å². The smallest absolute Gasteiger partial charge is 0.372 e. The van der Waals surface area contributed by atoms with Gasteiger partial charge in [0.25, 0.3) is 0 Å². The molecule has 0 bridgehead atoms. The maximum atomic E-state index is 12.7. The van der Waals surface area contributed by atoms with Gasteiger partial charge in [-0.15, -0.1) is 0 Å². The summed E-state index contributed by atoms with van der Waals surface area (Å²) in [6, 6.07) is 0. The SMILES string of the molecule is CCCCC(C)(COP(=O)(O)OC[C@H]1O[C@@H](C)C(C)C1C)COP(=O)(O)O[C@@H]1C(C)[C@H](C)O[C@@H]1C. The highest BCUT2D eigenvalue weighted by molar-refractivity contribution is 7.47. The fourth-order valence-electron chi connectivity index (χ4n) is 4.55. The molecule has 0 aromatic carbocycles. The van der Waals surface area contributed by atoms with Gasteiger partial charge in [0.1, 0.15) is 6.10 Å². The average molecular weight is 545 g/mol. The molecule has 10 nitrogen and oxygen atoms in total. The van der Waals surface area contributed by atoms with Crippen LogP contribution in [0.15, 0.2) is 0 Å². The summed E-state index contributed by atoms with van der Waals surface area (Å²) in [5.41, 5.74) is -0.809. The molecule has 12 heteroatoms. The van der Waals surface area contributed by atoms with Crippen LogP contribution in [0.5, 0.6) is 0 Å². The molecular formula is C23H46O10P2. The van der Waals surface area contributed by atoms with E-state index in [-0.39, 0.29) is 56.1 Å². The lowest BCUT2D eigenvalue weighted by Crippen LogP contribution is -2.30. The van der Waals surface area contributed by atoms with E-state index in [9.17, 15) is 18.9 Å². The van der Waals surface area contributed by atoms with Crippen LogP contribution in [0, 0.1) is 23.2 Å². The summed E-state index contributed by atoms with van der Waals surface area (Å²) < 4.78 is 58.1. The fourth-order valence-corrected chi connectivity index (χ4v) is 6.64. The first kappa shape index (κ1) is 31.4. The molecule has 6 unspecified atom stereocenters. The molecule has 0 saturated carbocycles. The molecule has 2 aliphatic rings. The predicted molar refractivity (Wildman–Crippen MR) is 132 cm³/mol. The Bertz CT molecular complexity index is 767. The second kappa shape index (κ2) is 12.8. The van der Waals surface area contributed by atoms with Crippen molar-refractivity contribution in [3.05, 3.63) is 0 Å². The highest BCUT2D eigenvalue weighted by Crippen LogP contribution is 2.51. The second-order valence-electron chi connectivity index (χ2n) is 10.8. The van der Waals surface area contributed by atoms with Gasteiger partial charge in [-0.05, 0) is 39.0 Å². The van der Waals surface area contributed by atoms with Crippen LogP contribution in [-0.2, 0) is 36.7 Å². The maximum absolute atomic E-state index is 12.7. The number of hydrogen-bond acceptors (Lipinski definition) is 8. The molecule has 2 rings (SSSR count). The Morgan fingerprint density at radius 1 is 0.800 bits per heavy atom. The molecule has 2 aliphatic heterocycles. The minimum absolute atomic E-state index is 0.0495. The molecular weight excluding hydrogens is 498 g/mol. The van der Waals surface area contributed by atoms with Crippen LogP contribution < -0.4 is 0 Å². The monoisotopic (exact) mass is 544 g/mol. The number of phosphoric ester groups is 2. The van der Waals surface area contributed by atoms with E-state index in [2.05, 4.69) is 6.92 Å². The summed E-state index contributed by atoms with van der Waals surface area (Å²) in [5, 5.41) is 0. The molecule has 208 valence electrons. The molecule has 2 N–H and O–H groups in total. The normalized spacial score (nSPS) is 38.7. The summed E-state index contributed by atoms with van der Waals surface area (Å²) in [6.45, 7) is 15.0. The number of ether oxygens (including phenoxy) is 2. The molecule has 0 aromatic rings. The average Bonchev–Trinajstić information content (AvgIpc) is 3.17. The van der Waals surface area contributed by atoms with Gasteiger partial charge in [-0.1, -0.05) is 47.5 Å². The largest absolute Gasteiger partial charge is 0.472 e. The number of phosphoric acid groups is 2. The van der Waals surface area contributed by atoms with E-state index >= 15 is 0 Å². The first-order valence-corrected chi connectivity index (χ1v) is 15.7. The van der Waals surface area contributed by atoms with Gasteiger partial charge >= 0.3 is 15.6 Å². The lowest BCUT2D eigenvalue weighted by Gasteiger charge is -2.31. The Kier molecular flexibility index (Phi) is 11.5. The number of unbranched alkanes of at least 4 members (excludes halogenated alkanes) is 1. The number of rotatable bonds is 14. The van der Waals surface area contributed by atoms with Crippen LogP contribution in [0.3, 0.4) is 0 Å². The molecule has 0 amide bonds. The topological polar surface area (TPSA) is 130 Å². The van der Waals surface area contributed by atoms with Gasteiger partial charge in [-0.3, -0.25) is 18.1 Å². The van der Waals surface area contributed by atoms with Crippen LogP contribution in [-0.4, -0.2) is 60.1 Å². The lowest BCUT2D eigenvalue weighted by molar-refractivity contribution is -0.00733. The third kappa shape index (κ3) is 9.13. The van der Waals surface area contributed by atoms with Gasteiger partial charge in [0.2, 0.25) is 0 Å². The van der Waals surface area contributed by atoms with Gasteiger partial charge in [0.05, 0.1) is 44.2 Å². The number of hydrogen-bond donors (Lipinski definition) is 2. The first-order valence-electron chi connectivity index (χ1n) is 12.7. The zero-order chi connectivity index (χ0) is 26.6. The Labute approximate surface area is 210 Å². The van der Waals surface area contributed by atoms with Crippen LogP contribution in [0.2, 0.25) is 0 Å². The molecule has 0 aliphatic carbocycles. The summed E-state index contributed by atoms with van der Waals surface area (Å²) >= 11 is 0. The maximum Gasteiger partial charge on any atom is 0.472 e. The van der Waals surface area contributed by atoms with Gasteiger partial charge in [0, 0.05) is 11.3 Å². The Morgan fingerprint density at radius 3 is 1.86 bits per heavy atom. The molecule has 2 saturated heterocycles. The van der Waals surface area contributed by atoms with Gasteiger partial charge in [0.15, 0.2) is 0 Å². The van der Waals surface area contributed by atoms with Crippen LogP contribution >= 0.6 is 15.6 Å². The van der Waals surface area contributed by atoms with Crippen molar-refractivity contribution in [2.45, 2.75) is 105 Å². The lowest BCUT2D eigenvalue weighted by atomic mass is 9.87. The van der Waals surface area contributed by atoms with Crippen molar-refractivity contribution in [3.8, 4) is 0 Å². The van der Waals surface area contributed by atoms with Gasteiger partial charge in [-0.2, -0.15) is 0 Å². The molecule has 0 radical (unpaired) electrons. The van der Waals surface area contributed by atoms with Crippen molar-refractivity contribution in [1.82, 2.24) is 0 Å². The molecule has 0 aromatic heterocycles. The highest BCUT2D eigenvalue weighted by atomic mass is 31.2. The van der Waals surface area contributed by atoms with E-state index in [1.165, 1.54) is 0 Å². The minimum atomic E-state index is -4.40. The van der Waals surface area contributed by atoms with E-state index in [0.717, 1.165) is 12.8 Å². The molecule has 0 spiro atoms. The summed E-state index contributed by atoms with van der Waals surface area (Å²) in [4.78, 5) is 20.6. The summed E-state index contributed by atoms with van der Waals surface area (Å²) in [6.07, 6.45) is 0.956. The van der Waals surface area contributed by atoms with Crippen LogP contribution in [0.4, 0.5) is 0 Å². The van der Waals surface area contributed by atoms with Crippen molar-refractivity contribution in [2.75, 3.05) is 19.8 Å². The standard InChI is InChI=1S/C23H46O10P2/c1-9-10-11-23(8,14-30-35(26,27)33-22-17(4)19(6)31-20(22)7)13-29-34(24,25)28-12-21-16(3)15(2)18(5)32-21/h15-22H,9-14H2,1-8H3,(H,24,25)(H,26,27)/t15?,16?,17?,18-,19-,20+,21+,22+,23?/m0/s1. The van der Waals surface area contributed by atoms with E-state index in [0.29, 0.717) is 12.3 Å². The Hall–Kier alpha value is 0.140. The van der Waals surface area contributed by atoms with E-state index < -0.39 is 27.2 Å². The third-order valence-electron chi connectivity index (χ3n) is 7.64. The predicted octanol–water partition coefficient (Wildman–Crippen LogP) is 5.32. The molecule has 2 heterocycles. The van der Waals surface area contributed by atoms with Crippen LogP contribution in [0.1, 0.15) is 74.7 Å². The quantitative estimate of drug-likeness (QED) is 0.277. The van der Waals surface area contributed by atoms with E-state index in [1.54, 1.807) is 13.8 Å². The molecule has 2 fully saturated rings. The highest BCUT2D eigenvalue weighted by Gasteiger charge is 2.43. The van der Waals surface area contributed by atoms with Crippen molar-refractivity contribution < 1.29 is 46.5 Å². The van der Waals surface area contributed by atoms with E-state index in [4.69, 9.17) is 27.6 Å². The van der Waals surface area contributed by atoms with Crippen molar-refractivity contribution in [3.63, 3.8) is 0 Å². The minimum Gasteiger partial charge on any atom is -0.372 e. The first-order chi connectivity index (χ1) is 16.1.